The Morgan fingerprint density at radius 2 is 1.20 bits per heavy atom. The first-order chi connectivity index (χ1) is 7.41. The summed E-state index contributed by atoms with van der Waals surface area (Å²) in [6, 6.07) is 0. The van der Waals surface area contributed by atoms with Gasteiger partial charge in [0.2, 0.25) is 0 Å². The van der Waals surface area contributed by atoms with Gasteiger partial charge in [0.05, 0.1) is 6.73 Å². The predicted octanol–water partition coefficient (Wildman–Crippen LogP) is 3.45. The average Bonchev–Trinajstić information content (AvgIpc) is 2.26. The van der Waals surface area contributed by atoms with Crippen LogP contribution in [0.3, 0.4) is 0 Å². The predicted molar refractivity (Wildman–Crippen MR) is 66.9 cm³/mol. The third-order valence-corrected chi connectivity index (χ3v) is 2.82. The summed E-state index contributed by atoms with van der Waals surface area (Å²) in [6.07, 6.45) is 13.7. The van der Waals surface area contributed by atoms with Crippen LogP contribution in [-0.2, 0) is 0 Å². The first kappa shape index (κ1) is 14.9. The highest BCUT2D eigenvalue weighted by molar-refractivity contribution is 4.48. The maximum absolute atomic E-state index is 8.50. The molecule has 2 N–H and O–H groups in total. The molecular formula is C13H29NO. The number of rotatable bonds is 12. The van der Waals surface area contributed by atoms with E-state index >= 15 is 0 Å². The summed E-state index contributed by atoms with van der Waals surface area (Å²) >= 11 is 0. The molecule has 0 saturated carbocycles. The molecule has 0 aliphatic heterocycles. The van der Waals surface area contributed by atoms with Crippen LogP contribution in [0.4, 0.5) is 0 Å². The Bertz CT molecular complexity index is 94.7. The van der Waals surface area contributed by atoms with Gasteiger partial charge in [0.1, 0.15) is 0 Å². The smallest absolute Gasteiger partial charge is 0.0931 e. The molecule has 2 heteroatoms. The Kier molecular flexibility index (Phi) is 13.8. The van der Waals surface area contributed by atoms with Crippen molar-refractivity contribution in [3.8, 4) is 0 Å². The number of hydrogen-bond donors (Lipinski definition) is 2. The van der Waals surface area contributed by atoms with Crippen LogP contribution in [0.15, 0.2) is 0 Å². The molecule has 0 fully saturated rings. The van der Waals surface area contributed by atoms with Crippen LogP contribution in [-0.4, -0.2) is 18.4 Å². The zero-order chi connectivity index (χ0) is 11.2. The van der Waals surface area contributed by atoms with Crippen molar-refractivity contribution in [2.24, 2.45) is 0 Å². The van der Waals surface area contributed by atoms with E-state index in [-0.39, 0.29) is 6.73 Å². The van der Waals surface area contributed by atoms with Crippen LogP contribution in [0.5, 0.6) is 0 Å². The number of nitrogens with one attached hydrogen (secondary N) is 1. The quantitative estimate of drug-likeness (QED) is 0.386. The Labute approximate surface area is 95.5 Å². The molecule has 0 aromatic heterocycles. The van der Waals surface area contributed by atoms with Crippen LogP contribution in [0.2, 0.25) is 0 Å². The largest absolute Gasteiger partial charge is 0.381 e. The van der Waals surface area contributed by atoms with E-state index in [4.69, 9.17) is 5.11 Å². The second kappa shape index (κ2) is 13.9. The molecule has 0 radical (unpaired) electrons. The summed E-state index contributed by atoms with van der Waals surface area (Å²) in [7, 11) is 0. The maximum atomic E-state index is 8.50. The molecule has 0 rings (SSSR count). The molecular weight excluding hydrogens is 186 g/mol. The van der Waals surface area contributed by atoms with E-state index in [0.29, 0.717) is 0 Å². The molecule has 0 amide bonds. The number of aliphatic hydroxyl groups excluding tert-OH is 1. The number of hydrogen-bond acceptors (Lipinski definition) is 2. The molecule has 0 bridgehead atoms. The van der Waals surface area contributed by atoms with Crippen LogP contribution in [0.25, 0.3) is 0 Å². The minimum Gasteiger partial charge on any atom is -0.381 e. The van der Waals surface area contributed by atoms with Gasteiger partial charge in [0.15, 0.2) is 0 Å². The van der Waals surface area contributed by atoms with Gasteiger partial charge in [-0.3, -0.25) is 5.32 Å². The average molecular weight is 215 g/mol. The normalized spacial score (nSPS) is 10.8. The van der Waals surface area contributed by atoms with Crippen molar-refractivity contribution in [1.29, 1.82) is 0 Å². The molecule has 0 heterocycles. The molecule has 0 aliphatic rings. The van der Waals surface area contributed by atoms with E-state index < -0.39 is 0 Å². The van der Waals surface area contributed by atoms with Crippen molar-refractivity contribution in [2.45, 2.75) is 71.1 Å². The lowest BCUT2D eigenvalue weighted by Gasteiger charge is -2.02. The lowest BCUT2D eigenvalue weighted by molar-refractivity contribution is 0.260. The highest BCUT2D eigenvalue weighted by atomic mass is 16.3. The lowest BCUT2D eigenvalue weighted by Crippen LogP contribution is -2.15. The fourth-order valence-electron chi connectivity index (χ4n) is 1.82. The van der Waals surface area contributed by atoms with Gasteiger partial charge in [-0.2, -0.15) is 0 Å². The van der Waals surface area contributed by atoms with Gasteiger partial charge in [-0.25, -0.2) is 0 Å². The van der Waals surface area contributed by atoms with Crippen molar-refractivity contribution < 1.29 is 5.11 Å². The van der Waals surface area contributed by atoms with Gasteiger partial charge in [0.25, 0.3) is 0 Å². The number of unbranched alkanes of at least 4 members (excludes halogenated alkanes) is 9. The zero-order valence-electron chi connectivity index (χ0n) is 10.4. The third kappa shape index (κ3) is 13.9. The summed E-state index contributed by atoms with van der Waals surface area (Å²) in [5.74, 6) is 0. The molecule has 0 aliphatic carbocycles. The molecule has 0 unspecified atom stereocenters. The van der Waals surface area contributed by atoms with E-state index in [2.05, 4.69) is 12.2 Å². The monoisotopic (exact) mass is 215 g/mol. The Hall–Kier alpha value is -0.0800. The summed E-state index contributed by atoms with van der Waals surface area (Å²) in [4.78, 5) is 0. The van der Waals surface area contributed by atoms with Gasteiger partial charge in [-0.15, -0.1) is 0 Å². The van der Waals surface area contributed by atoms with E-state index in [1.165, 1.54) is 64.2 Å². The van der Waals surface area contributed by atoms with Crippen molar-refractivity contribution in [3.63, 3.8) is 0 Å². The molecule has 2 nitrogen and oxygen atoms in total. The molecule has 0 aromatic carbocycles. The standard InChI is InChI=1S/C13H29NO/c1-2-3-4-5-6-7-8-9-10-11-12-14-13-15/h14-15H,2-13H2,1H3. The minimum absolute atomic E-state index is 0.122. The molecule has 0 saturated heterocycles. The van der Waals surface area contributed by atoms with E-state index in [1.807, 2.05) is 0 Å². The van der Waals surface area contributed by atoms with E-state index in [1.54, 1.807) is 0 Å². The fourth-order valence-corrected chi connectivity index (χ4v) is 1.82. The molecule has 0 atom stereocenters. The summed E-state index contributed by atoms with van der Waals surface area (Å²) in [6.45, 7) is 3.35. The van der Waals surface area contributed by atoms with Crippen molar-refractivity contribution >= 4 is 0 Å². The van der Waals surface area contributed by atoms with E-state index in [9.17, 15) is 0 Å². The highest BCUT2D eigenvalue weighted by Gasteiger charge is 1.92. The lowest BCUT2D eigenvalue weighted by atomic mass is 10.1. The van der Waals surface area contributed by atoms with E-state index in [0.717, 1.165) is 6.54 Å². The number of aliphatic hydroxyl groups is 1. The van der Waals surface area contributed by atoms with Crippen molar-refractivity contribution in [1.82, 2.24) is 5.32 Å². The first-order valence-electron chi connectivity index (χ1n) is 6.73. The van der Waals surface area contributed by atoms with Crippen molar-refractivity contribution in [2.75, 3.05) is 13.3 Å². The third-order valence-electron chi connectivity index (χ3n) is 2.82. The van der Waals surface area contributed by atoms with Crippen LogP contribution in [0.1, 0.15) is 71.1 Å². The van der Waals surface area contributed by atoms with Crippen LogP contribution >= 0.6 is 0 Å². The Balaban J connectivity index is 2.81. The fraction of sp³-hybridized carbons (Fsp3) is 1.00. The van der Waals surface area contributed by atoms with Gasteiger partial charge >= 0.3 is 0 Å². The van der Waals surface area contributed by atoms with Gasteiger partial charge < -0.3 is 5.11 Å². The maximum Gasteiger partial charge on any atom is 0.0931 e. The second-order valence-electron chi connectivity index (χ2n) is 4.34. The second-order valence-corrected chi connectivity index (χ2v) is 4.34. The van der Waals surface area contributed by atoms with Gasteiger partial charge in [-0.05, 0) is 13.0 Å². The van der Waals surface area contributed by atoms with Crippen LogP contribution < -0.4 is 5.32 Å². The van der Waals surface area contributed by atoms with Gasteiger partial charge in [-0.1, -0.05) is 64.7 Å². The summed E-state index contributed by atoms with van der Waals surface area (Å²) in [5, 5.41) is 11.4. The Morgan fingerprint density at radius 1 is 0.733 bits per heavy atom. The molecule has 92 valence electrons. The molecule has 15 heavy (non-hydrogen) atoms. The minimum atomic E-state index is 0.122. The topological polar surface area (TPSA) is 32.3 Å². The highest BCUT2D eigenvalue weighted by Crippen LogP contribution is 2.09. The van der Waals surface area contributed by atoms with Gasteiger partial charge in [0, 0.05) is 0 Å². The first-order valence-corrected chi connectivity index (χ1v) is 6.73. The molecule has 0 spiro atoms. The SMILES string of the molecule is CCCCCCCCCCCCNCO. The van der Waals surface area contributed by atoms with Crippen molar-refractivity contribution in [3.05, 3.63) is 0 Å². The summed E-state index contributed by atoms with van der Waals surface area (Å²) in [5.41, 5.74) is 0. The summed E-state index contributed by atoms with van der Waals surface area (Å²) < 4.78 is 0. The zero-order valence-corrected chi connectivity index (χ0v) is 10.4. The van der Waals surface area contributed by atoms with Crippen LogP contribution in [0, 0.1) is 0 Å². The Morgan fingerprint density at radius 3 is 1.67 bits per heavy atom. The molecule has 0 aromatic rings.